The fraction of sp³-hybridized carbons (Fsp3) is 1.00. The normalized spacial score (nSPS) is 37.4. The molecule has 0 radical (unpaired) electrons. The summed E-state index contributed by atoms with van der Waals surface area (Å²) in [6, 6.07) is 0. The molecule has 0 aromatic rings. The van der Waals surface area contributed by atoms with Crippen LogP contribution in [0.5, 0.6) is 0 Å². The molecule has 13 heavy (non-hydrogen) atoms. The lowest BCUT2D eigenvalue weighted by molar-refractivity contribution is 0.146. The molecular formula is C13H26. The largest absolute Gasteiger partial charge is 0.0651 e. The van der Waals surface area contributed by atoms with Crippen molar-refractivity contribution in [2.24, 2.45) is 23.7 Å². The molecule has 78 valence electrons. The summed E-state index contributed by atoms with van der Waals surface area (Å²) in [5.74, 6) is 4.01. The van der Waals surface area contributed by atoms with Gasteiger partial charge >= 0.3 is 0 Å². The Kier molecular flexibility index (Phi) is 4.28. The third-order valence-corrected chi connectivity index (χ3v) is 4.38. The predicted octanol–water partition coefficient (Wildman–Crippen LogP) is 4.49. The molecular weight excluding hydrogens is 156 g/mol. The van der Waals surface area contributed by atoms with Crippen LogP contribution in [0.4, 0.5) is 0 Å². The molecule has 0 heterocycles. The molecule has 0 aliphatic heterocycles. The number of hydrogen-bond acceptors (Lipinski definition) is 0. The van der Waals surface area contributed by atoms with Crippen LogP contribution < -0.4 is 0 Å². The van der Waals surface area contributed by atoms with Gasteiger partial charge in [-0.25, -0.2) is 0 Å². The second-order valence-corrected chi connectivity index (χ2v) is 5.10. The molecule has 0 bridgehead atoms. The van der Waals surface area contributed by atoms with Gasteiger partial charge in [-0.3, -0.25) is 0 Å². The van der Waals surface area contributed by atoms with E-state index in [4.69, 9.17) is 0 Å². The molecule has 0 N–H and O–H groups in total. The molecule has 0 aromatic carbocycles. The quantitative estimate of drug-likeness (QED) is 0.603. The van der Waals surface area contributed by atoms with Gasteiger partial charge in [0.1, 0.15) is 0 Å². The highest BCUT2D eigenvalue weighted by molar-refractivity contribution is 4.79. The molecule has 0 nitrogen and oxygen atoms in total. The summed E-state index contributed by atoms with van der Waals surface area (Å²) >= 11 is 0. The molecule has 0 spiro atoms. The summed E-state index contributed by atoms with van der Waals surface area (Å²) in [6.07, 6.45) is 7.25. The smallest absolute Gasteiger partial charge is 0.0386 e. The first-order valence-corrected chi connectivity index (χ1v) is 6.19. The first kappa shape index (κ1) is 11.1. The average Bonchev–Trinajstić information content (AvgIpc) is 2.17. The summed E-state index contributed by atoms with van der Waals surface area (Å²) in [5.41, 5.74) is 0. The van der Waals surface area contributed by atoms with E-state index in [1.165, 1.54) is 32.1 Å². The zero-order chi connectivity index (χ0) is 9.84. The Morgan fingerprint density at radius 3 is 2.46 bits per heavy atom. The van der Waals surface area contributed by atoms with Crippen molar-refractivity contribution < 1.29 is 0 Å². The van der Waals surface area contributed by atoms with Crippen molar-refractivity contribution in [1.82, 2.24) is 0 Å². The van der Waals surface area contributed by atoms with Gasteiger partial charge in [-0.15, -0.1) is 0 Å². The number of rotatable bonds is 3. The van der Waals surface area contributed by atoms with Crippen LogP contribution in [-0.2, 0) is 0 Å². The Morgan fingerprint density at radius 1 is 1.23 bits per heavy atom. The summed E-state index contributed by atoms with van der Waals surface area (Å²) < 4.78 is 0. The SMILES string of the molecule is CCC(C)C1CCC(C)C(CC)C1. The molecule has 1 fully saturated rings. The van der Waals surface area contributed by atoms with Crippen LogP contribution in [0.1, 0.15) is 59.8 Å². The fourth-order valence-corrected chi connectivity index (χ4v) is 2.87. The summed E-state index contributed by atoms with van der Waals surface area (Å²) in [5, 5.41) is 0. The van der Waals surface area contributed by atoms with Crippen LogP contribution >= 0.6 is 0 Å². The van der Waals surface area contributed by atoms with Crippen molar-refractivity contribution in [2.75, 3.05) is 0 Å². The topological polar surface area (TPSA) is 0 Å². The van der Waals surface area contributed by atoms with Gasteiger partial charge in [0.25, 0.3) is 0 Å². The lowest BCUT2D eigenvalue weighted by atomic mass is 9.69. The Morgan fingerprint density at radius 2 is 1.92 bits per heavy atom. The van der Waals surface area contributed by atoms with Crippen LogP contribution in [-0.4, -0.2) is 0 Å². The summed E-state index contributed by atoms with van der Waals surface area (Å²) in [6.45, 7) is 9.58. The van der Waals surface area contributed by atoms with Crippen molar-refractivity contribution in [3.05, 3.63) is 0 Å². The monoisotopic (exact) mass is 182 g/mol. The summed E-state index contributed by atoms with van der Waals surface area (Å²) in [4.78, 5) is 0. The third kappa shape index (κ3) is 2.72. The second kappa shape index (κ2) is 5.02. The van der Waals surface area contributed by atoms with Crippen molar-refractivity contribution >= 4 is 0 Å². The van der Waals surface area contributed by atoms with Crippen LogP contribution in [0.15, 0.2) is 0 Å². The van der Waals surface area contributed by atoms with Gasteiger partial charge in [0.2, 0.25) is 0 Å². The Hall–Kier alpha value is 0. The lowest BCUT2D eigenvalue weighted by Gasteiger charge is -2.36. The highest BCUT2D eigenvalue weighted by Gasteiger charge is 2.28. The Bertz CT molecular complexity index is 139. The standard InChI is InChI=1S/C13H26/c1-5-10(3)13-8-7-11(4)12(6-2)9-13/h10-13H,5-9H2,1-4H3. The van der Waals surface area contributed by atoms with Crippen molar-refractivity contribution in [1.29, 1.82) is 0 Å². The van der Waals surface area contributed by atoms with E-state index in [2.05, 4.69) is 27.7 Å². The van der Waals surface area contributed by atoms with Gasteiger partial charge in [-0.05, 0) is 36.5 Å². The van der Waals surface area contributed by atoms with E-state index in [-0.39, 0.29) is 0 Å². The molecule has 0 saturated heterocycles. The Balaban J connectivity index is 2.44. The van der Waals surface area contributed by atoms with E-state index < -0.39 is 0 Å². The van der Waals surface area contributed by atoms with Crippen LogP contribution in [0.2, 0.25) is 0 Å². The molecule has 0 aromatic heterocycles. The fourth-order valence-electron chi connectivity index (χ4n) is 2.87. The van der Waals surface area contributed by atoms with Gasteiger partial charge in [-0.1, -0.05) is 47.0 Å². The molecule has 4 atom stereocenters. The van der Waals surface area contributed by atoms with Gasteiger partial charge < -0.3 is 0 Å². The highest BCUT2D eigenvalue weighted by atomic mass is 14.3. The van der Waals surface area contributed by atoms with Gasteiger partial charge in [0, 0.05) is 0 Å². The highest BCUT2D eigenvalue weighted by Crippen LogP contribution is 2.39. The first-order valence-electron chi connectivity index (χ1n) is 6.19. The zero-order valence-corrected chi connectivity index (χ0v) is 9.84. The van der Waals surface area contributed by atoms with E-state index in [1.54, 1.807) is 0 Å². The molecule has 1 saturated carbocycles. The first-order chi connectivity index (χ1) is 6.19. The van der Waals surface area contributed by atoms with E-state index >= 15 is 0 Å². The molecule has 1 aliphatic carbocycles. The summed E-state index contributed by atoms with van der Waals surface area (Å²) in [7, 11) is 0. The lowest BCUT2D eigenvalue weighted by Crippen LogP contribution is -2.26. The van der Waals surface area contributed by atoms with Crippen LogP contribution in [0.3, 0.4) is 0 Å². The molecule has 1 rings (SSSR count). The maximum Gasteiger partial charge on any atom is -0.0386 e. The molecule has 4 unspecified atom stereocenters. The van der Waals surface area contributed by atoms with E-state index in [9.17, 15) is 0 Å². The molecule has 0 heteroatoms. The average molecular weight is 182 g/mol. The molecule has 0 amide bonds. The maximum atomic E-state index is 2.45. The zero-order valence-electron chi connectivity index (χ0n) is 9.84. The molecule has 1 aliphatic rings. The van der Waals surface area contributed by atoms with Gasteiger partial charge in [0.15, 0.2) is 0 Å². The van der Waals surface area contributed by atoms with E-state index in [1.807, 2.05) is 0 Å². The minimum Gasteiger partial charge on any atom is -0.0651 e. The second-order valence-electron chi connectivity index (χ2n) is 5.10. The third-order valence-electron chi connectivity index (χ3n) is 4.38. The maximum absolute atomic E-state index is 2.45. The van der Waals surface area contributed by atoms with Gasteiger partial charge in [0.05, 0.1) is 0 Å². The minimum absolute atomic E-state index is 0.960. The van der Waals surface area contributed by atoms with E-state index in [0.717, 1.165) is 23.7 Å². The minimum atomic E-state index is 0.960. The number of hydrogen-bond donors (Lipinski definition) is 0. The van der Waals surface area contributed by atoms with Crippen molar-refractivity contribution in [3.63, 3.8) is 0 Å². The predicted molar refractivity (Wildman–Crippen MR) is 59.7 cm³/mol. The Labute approximate surface area is 84.1 Å². The van der Waals surface area contributed by atoms with Crippen molar-refractivity contribution in [2.45, 2.75) is 59.8 Å². The van der Waals surface area contributed by atoms with Gasteiger partial charge in [-0.2, -0.15) is 0 Å². The van der Waals surface area contributed by atoms with Crippen molar-refractivity contribution in [3.8, 4) is 0 Å². The van der Waals surface area contributed by atoms with Crippen LogP contribution in [0, 0.1) is 23.7 Å². The van der Waals surface area contributed by atoms with E-state index in [0.29, 0.717) is 0 Å². The van der Waals surface area contributed by atoms with Crippen LogP contribution in [0.25, 0.3) is 0 Å².